The summed E-state index contributed by atoms with van der Waals surface area (Å²) >= 11 is 0. The fourth-order valence-corrected chi connectivity index (χ4v) is 2.36. The Morgan fingerprint density at radius 1 is 1.50 bits per heavy atom. The van der Waals surface area contributed by atoms with Crippen LogP contribution in [-0.2, 0) is 0 Å². The normalized spacial score (nSPS) is 19.2. The standard InChI is InChI=1S/C13H17N3/c1-13(2)5-3-7-16(10-13)12-9-15-6-4-11(12)8-14/h4,6,9H,3,5,7,10H2,1-2H3. The molecule has 0 atom stereocenters. The second-order valence-corrected chi connectivity index (χ2v) is 5.19. The van der Waals surface area contributed by atoms with E-state index >= 15 is 0 Å². The molecule has 3 nitrogen and oxygen atoms in total. The van der Waals surface area contributed by atoms with Crippen molar-refractivity contribution in [3.63, 3.8) is 0 Å². The van der Waals surface area contributed by atoms with Gasteiger partial charge in [-0.25, -0.2) is 0 Å². The van der Waals surface area contributed by atoms with Gasteiger partial charge in [-0.1, -0.05) is 13.8 Å². The van der Waals surface area contributed by atoms with Gasteiger partial charge in [0.1, 0.15) is 6.07 Å². The lowest BCUT2D eigenvalue weighted by molar-refractivity contribution is 0.293. The van der Waals surface area contributed by atoms with E-state index in [-0.39, 0.29) is 0 Å². The van der Waals surface area contributed by atoms with Crippen molar-refractivity contribution >= 4 is 5.69 Å². The molecule has 0 bridgehead atoms. The first-order chi connectivity index (χ1) is 7.62. The van der Waals surface area contributed by atoms with Crippen LogP contribution in [0.1, 0.15) is 32.3 Å². The molecule has 0 aromatic carbocycles. The van der Waals surface area contributed by atoms with Gasteiger partial charge in [0.25, 0.3) is 0 Å². The Kier molecular flexibility index (Phi) is 2.82. The van der Waals surface area contributed by atoms with Gasteiger partial charge in [-0.3, -0.25) is 4.98 Å². The van der Waals surface area contributed by atoms with Crippen LogP contribution in [0, 0.1) is 16.7 Å². The van der Waals surface area contributed by atoms with E-state index in [4.69, 9.17) is 5.26 Å². The molecule has 2 rings (SSSR count). The number of rotatable bonds is 1. The number of hydrogen-bond donors (Lipinski definition) is 0. The summed E-state index contributed by atoms with van der Waals surface area (Å²) in [5.41, 5.74) is 2.05. The van der Waals surface area contributed by atoms with Crippen molar-refractivity contribution in [3.05, 3.63) is 24.0 Å². The molecule has 0 spiro atoms. The molecule has 1 aromatic rings. The Morgan fingerprint density at radius 2 is 2.31 bits per heavy atom. The number of nitriles is 1. The first-order valence-corrected chi connectivity index (χ1v) is 5.71. The second kappa shape index (κ2) is 4.13. The van der Waals surface area contributed by atoms with Crippen LogP contribution >= 0.6 is 0 Å². The van der Waals surface area contributed by atoms with E-state index < -0.39 is 0 Å². The highest BCUT2D eigenvalue weighted by Crippen LogP contribution is 2.32. The van der Waals surface area contributed by atoms with E-state index in [9.17, 15) is 0 Å². The molecule has 84 valence electrons. The SMILES string of the molecule is CC1(C)CCCN(c2cnccc2C#N)C1. The predicted octanol–water partition coefficient (Wildman–Crippen LogP) is 2.58. The van der Waals surface area contributed by atoms with Crippen LogP contribution in [0.4, 0.5) is 5.69 Å². The number of pyridine rings is 1. The lowest BCUT2D eigenvalue weighted by atomic mass is 9.84. The highest BCUT2D eigenvalue weighted by Gasteiger charge is 2.27. The predicted molar refractivity (Wildman–Crippen MR) is 64.2 cm³/mol. The van der Waals surface area contributed by atoms with Crippen molar-refractivity contribution in [1.82, 2.24) is 4.98 Å². The van der Waals surface area contributed by atoms with Crippen LogP contribution in [0.5, 0.6) is 0 Å². The van der Waals surface area contributed by atoms with Gasteiger partial charge in [-0.05, 0) is 24.3 Å². The van der Waals surface area contributed by atoms with E-state index in [1.165, 1.54) is 12.8 Å². The Bertz CT molecular complexity index is 417. The van der Waals surface area contributed by atoms with Crippen molar-refractivity contribution < 1.29 is 0 Å². The van der Waals surface area contributed by atoms with Gasteiger partial charge in [0.15, 0.2) is 0 Å². The van der Waals surface area contributed by atoms with Gasteiger partial charge in [0.2, 0.25) is 0 Å². The molecule has 0 saturated carbocycles. The van der Waals surface area contributed by atoms with E-state index in [1.807, 2.05) is 0 Å². The smallest absolute Gasteiger partial charge is 0.101 e. The summed E-state index contributed by atoms with van der Waals surface area (Å²) in [6, 6.07) is 4.03. The minimum Gasteiger partial charge on any atom is -0.369 e. The maximum atomic E-state index is 9.07. The largest absolute Gasteiger partial charge is 0.369 e. The van der Waals surface area contributed by atoms with Crippen LogP contribution in [0.3, 0.4) is 0 Å². The van der Waals surface area contributed by atoms with Crippen LogP contribution in [0.15, 0.2) is 18.5 Å². The van der Waals surface area contributed by atoms with E-state index in [2.05, 4.69) is 29.8 Å². The van der Waals surface area contributed by atoms with Gasteiger partial charge in [-0.15, -0.1) is 0 Å². The maximum absolute atomic E-state index is 9.07. The van der Waals surface area contributed by atoms with Crippen LogP contribution in [-0.4, -0.2) is 18.1 Å². The first-order valence-electron chi connectivity index (χ1n) is 5.71. The van der Waals surface area contributed by atoms with Gasteiger partial charge >= 0.3 is 0 Å². The number of hydrogen-bond acceptors (Lipinski definition) is 3. The zero-order valence-electron chi connectivity index (χ0n) is 9.90. The van der Waals surface area contributed by atoms with Gasteiger partial charge in [0, 0.05) is 19.3 Å². The molecule has 1 saturated heterocycles. The third-order valence-corrected chi connectivity index (χ3v) is 3.16. The zero-order valence-corrected chi connectivity index (χ0v) is 9.90. The molecular weight excluding hydrogens is 198 g/mol. The summed E-state index contributed by atoms with van der Waals surface area (Å²) in [4.78, 5) is 6.41. The van der Waals surface area contributed by atoms with E-state index in [0.717, 1.165) is 24.3 Å². The quantitative estimate of drug-likeness (QED) is 0.723. The summed E-state index contributed by atoms with van der Waals surface area (Å²) in [6.07, 6.45) is 5.93. The van der Waals surface area contributed by atoms with Crippen molar-refractivity contribution in [2.45, 2.75) is 26.7 Å². The molecule has 0 amide bonds. The van der Waals surface area contributed by atoms with Crippen molar-refractivity contribution in [2.24, 2.45) is 5.41 Å². The fraction of sp³-hybridized carbons (Fsp3) is 0.538. The zero-order chi connectivity index (χ0) is 11.6. The second-order valence-electron chi connectivity index (χ2n) is 5.19. The highest BCUT2D eigenvalue weighted by atomic mass is 15.1. The number of anilines is 1. The van der Waals surface area contributed by atoms with Crippen LogP contribution in [0.25, 0.3) is 0 Å². The van der Waals surface area contributed by atoms with Crippen molar-refractivity contribution in [1.29, 1.82) is 5.26 Å². The monoisotopic (exact) mass is 215 g/mol. The van der Waals surface area contributed by atoms with E-state index in [1.54, 1.807) is 18.5 Å². The molecule has 1 aliphatic heterocycles. The molecule has 2 heterocycles. The first kappa shape index (κ1) is 10.9. The van der Waals surface area contributed by atoms with Crippen LogP contribution < -0.4 is 4.90 Å². The summed E-state index contributed by atoms with van der Waals surface area (Å²) < 4.78 is 0. The molecular formula is C13H17N3. The molecule has 3 heteroatoms. The van der Waals surface area contributed by atoms with E-state index in [0.29, 0.717) is 5.41 Å². The van der Waals surface area contributed by atoms with Gasteiger partial charge in [-0.2, -0.15) is 5.26 Å². The summed E-state index contributed by atoms with van der Waals surface area (Å²) in [5, 5.41) is 9.07. The maximum Gasteiger partial charge on any atom is 0.101 e. The minimum atomic E-state index is 0.334. The molecule has 16 heavy (non-hydrogen) atoms. The lowest BCUT2D eigenvalue weighted by Gasteiger charge is -2.39. The molecule has 0 aliphatic carbocycles. The number of aromatic nitrogens is 1. The molecule has 0 N–H and O–H groups in total. The highest BCUT2D eigenvalue weighted by molar-refractivity contribution is 5.57. The molecule has 0 unspecified atom stereocenters. The Hall–Kier alpha value is -1.56. The Labute approximate surface area is 96.7 Å². The van der Waals surface area contributed by atoms with Crippen LogP contribution in [0.2, 0.25) is 0 Å². The van der Waals surface area contributed by atoms with Crippen molar-refractivity contribution in [3.8, 4) is 6.07 Å². The Balaban J connectivity index is 2.27. The fourth-order valence-electron chi connectivity index (χ4n) is 2.36. The van der Waals surface area contributed by atoms with Gasteiger partial charge < -0.3 is 4.90 Å². The average molecular weight is 215 g/mol. The molecule has 0 radical (unpaired) electrons. The van der Waals surface area contributed by atoms with Crippen molar-refractivity contribution in [2.75, 3.05) is 18.0 Å². The summed E-state index contributed by atoms with van der Waals surface area (Å²) in [7, 11) is 0. The third kappa shape index (κ3) is 2.16. The molecule has 1 aliphatic rings. The lowest BCUT2D eigenvalue weighted by Crippen LogP contribution is -2.40. The molecule has 1 aromatic heterocycles. The third-order valence-electron chi connectivity index (χ3n) is 3.16. The topological polar surface area (TPSA) is 39.9 Å². The molecule has 1 fully saturated rings. The number of piperidine rings is 1. The summed E-state index contributed by atoms with van der Waals surface area (Å²) in [6.45, 7) is 6.60. The van der Waals surface area contributed by atoms with Gasteiger partial charge in [0.05, 0.1) is 17.4 Å². The Morgan fingerprint density at radius 3 is 3.00 bits per heavy atom. The summed E-state index contributed by atoms with van der Waals surface area (Å²) in [5.74, 6) is 0. The average Bonchev–Trinajstić information content (AvgIpc) is 2.27. The number of nitrogens with zero attached hydrogens (tertiary/aromatic N) is 3. The minimum absolute atomic E-state index is 0.334.